The van der Waals surface area contributed by atoms with E-state index in [4.69, 9.17) is 4.74 Å². The van der Waals surface area contributed by atoms with Crippen molar-refractivity contribution in [1.29, 1.82) is 0 Å². The van der Waals surface area contributed by atoms with Crippen molar-refractivity contribution >= 4 is 23.5 Å². The van der Waals surface area contributed by atoms with Crippen LogP contribution >= 0.6 is 0 Å². The number of hydrogen-bond donors (Lipinski definition) is 1. The first-order chi connectivity index (χ1) is 12.8. The Morgan fingerprint density at radius 2 is 1.81 bits per heavy atom. The summed E-state index contributed by atoms with van der Waals surface area (Å²) >= 11 is 0. The molecule has 0 heterocycles. The average molecular weight is 372 g/mol. The number of amides is 2. The van der Waals surface area contributed by atoms with Gasteiger partial charge < -0.3 is 15.0 Å². The highest BCUT2D eigenvalue weighted by atomic mass is 19.1. The summed E-state index contributed by atoms with van der Waals surface area (Å²) in [6.45, 7) is 3.06. The molecule has 0 spiro atoms. The van der Waals surface area contributed by atoms with Gasteiger partial charge in [0.25, 0.3) is 5.91 Å². The summed E-state index contributed by atoms with van der Waals surface area (Å²) < 4.78 is 18.4. The van der Waals surface area contributed by atoms with Gasteiger partial charge in [0.2, 0.25) is 5.91 Å². The Bertz CT molecular complexity index is 836. The molecule has 0 aliphatic rings. The highest BCUT2D eigenvalue weighted by Crippen LogP contribution is 2.13. The molecule has 2 amide bonds. The molecular formula is C20H21FN2O4. The Balaban J connectivity index is 1.94. The van der Waals surface area contributed by atoms with Gasteiger partial charge in [0.05, 0.1) is 5.56 Å². The van der Waals surface area contributed by atoms with Crippen LogP contribution in [0.15, 0.2) is 48.5 Å². The van der Waals surface area contributed by atoms with Gasteiger partial charge in [0.15, 0.2) is 6.10 Å². The number of benzene rings is 2. The number of esters is 1. The molecule has 0 aromatic heterocycles. The molecule has 7 heteroatoms. The molecule has 0 unspecified atom stereocenters. The molecule has 2 rings (SSSR count). The third-order valence-corrected chi connectivity index (χ3v) is 3.76. The molecule has 1 atom stereocenters. The van der Waals surface area contributed by atoms with Crippen LogP contribution < -0.4 is 5.32 Å². The van der Waals surface area contributed by atoms with Crippen molar-refractivity contribution in [3.63, 3.8) is 0 Å². The van der Waals surface area contributed by atoms with Crippen LogP contribution in [0.2, 0.25) is 0 Å². The minimum absolute atomic E-state index is 0.198. The first-order valence-electron chi connectivity index (χ1n) is 8.34. The van der Waals surface area contributed by atoms with E-state index in [9.17, 15) is 18.8 Å². The Labute approximate surface area is 156 Å². The lowest BCUT2D eigenvalue weighted by molar-refractivity contribution is -0.139. The SMILES string of the molecule is CC(=O)Nc1ccc(C(=O)O[C@H](C)C(=O)N(C)Cc2cccc(F)c2)cc1. The van der Waals surface area contributed by atoms with E-state index in [2.05, 4.69) is 5.32 Å². The zero-order chi connectivity index (χ0) is 20.0. The third kappa shape index (κ3) is 5.91. The quantitative estimate of drug-likeness (QED) is 0.791. The van der Waals surface area contributed by atoms with Gasteiger partial charge in [-0.15, -0.1) is 0 Å². The lowest BCUT2D eigenvalue weighted by Crippen LogP contribution is -2.37. The van der Waals surface area contributed by atoms with E-state index < -0.39 is 18.0 Å². The smallest absolute Gasteiger partial charge is 0.338 e. The van der Waals surface area contributed by atoms with Crippen molar-refractivity contribution in [3.8, 4) is 0 Å². The van der Waals surface area contributed by atoms with Gasteiger partial charge in [-0.2, -0.15) is 0 Å². The molecule has 0 saturated carbocycles. The van der Waals surface area contributed by atoms with Gasteiger partial charge in [-0.05, 0) is 48.9 Å². The van der Waals surface area contributed by atoms with Crippen LogP contribution in [0.1, 0.15) is 29.8 Å². The zero-order valence-corrected chi connectivity index (χ0v) is 15.4. The molecule has 1 N–H and O–H groups in total. The molecule has 6 nitrogen and oxygen atoms in total. The molecule has 27 heavy (non-hydrogen) atoms. The van der Waals surface area contributed by atoms with E-state index in [1.165, 1.54) is 43.0 Å². The number of halogens is 1. The Kier molecular flexibility index (Phi) is 6.65. The van der Waals surface area contributed by atoms with Crippen LogP contribution in [-0.4, -0.2) is 35.8 Å². The van der Waals surface area contributed by atoms with Crippen LogP contribution in [-0.2, 0) is 20.9 Å². The number of carbonyl (C=O) groups is 3. The van der Waals surface area contributed by atoms with E-state index in [0.717, 1.165) is 0 Å². The molecule has 0 fully saturated rings. The van der Waals surface area contributed by atoms with E-state index >= 15 is 0 Å². The van der Waals surface area contributed by atoms with Gasteiger partial charge >= 0.3 is 5.97 Å². The zero-order valence-electron chi connectivity index (χ0n) is 15.4. The van der Waals surface area contributed by atoms with E-state index in [0.29, 0.717) is 11.3 Å². The summed E-state index contributed by atoms with van der Waals surface area (Å²) in [6.07, 6.45) is -0.994. The lowest BCUT2D eigenvalue weighted by Gasteiger charge is -2.21. The fraction of sp³-hybridized carbons (Fsp3) is 0.250. The van der Waals surface area contributed by atoms with Crippen LogP contribution in [0.3, 0.4) is 0 Å². The molecule has 0 aliphatic heterocycles. The summed E-state index contributed by atoms with van der Waals surface area (Å²) in [6, 6.07) is 12.1. The first kappa shape index (κ1) is 20.1. The number of likely N-dealkylation sites (N-methyl/N-ethyl adjacent to an activating group) is 1. The van der Waals surface area contributed by atoms with Crippen molar-refractivity contribution in [2.75, 3.05) is 12.4 Å². The third-order valence-electron chi connectivity index (χ3n) is 3.76. The van der Waals surface area contributed by atoms with Crippen LogP contribution in [0.5, 0.6) is 0 Å². The molecule has 0 aliphatic carbocycles. The fourth-order valence-corrected chi connectivity index (χ4v) is 2.47. The summed E-state index contributed by atoms with van der Waals surface area (Å²) in [7, 11) is 1.56. The van der Waals surface area contributed by atoms with Gasteiger partial charge in [-0.1, -0.05) is 12.1 Å². The van der Waals surface area contributed by atoms with Gasteiger partial charge in [-0.25, -0.2) is 9.18 Å². The Morgan fingerprint density at radius 1 is 1.15 bits per heavy atom. The second-order valence-electron chi connectivity index (χ2n) is 6.13. The molecule has 2 aromatic carbocycles. The van der Waals surface area contributed by atoms with Crippen molar-refractivity contribution in [2.24, 2.45) is 0 Å². The maximum atomic E-state index is 13.2. The predicted octanol–water partition coefficient (Wildman–Crippen LogP) is 2.99. The number of nitrogens with zero attached hydrogens (tertiary/aromatic N) is 1. The molecule has 2 aromatic rings. The maximum absolute atomic E-state index is 13.2. The largest absolute Gasteiger partial charge is 0.449 e. The van der Waals surface area contributed by atoms with Crippen LogP contribution in [0.4, 0.5) is 10.1 Å². The van der Waals surface area contributed by atoms with Crippen LogP contribution in [0.25, 0.3) is 0 Å². The van der Waals surface area contributed by atoms with Gasteiger partial charge in [0, 0.05) is 26.2 Å². The monoisotopic (exact) mass is 372 g/mol. The van der Waals surface area contributed by atoms with E-state index in [1.807, 2.05) is 0 Å². The van der Waals surface area contributed by atoms with E-state index in [1.54, 1.807) is 31.3 Å². The van der Waals surface area contributed by atoms with E-state index in [-0.39, 0.29) is 23.8 Å². The number of ether oxygens (including phenoxy) is 1. The number of anilines is 1. The maximum Gasteiger partial charge on any atom is 0.338 e. The van der Waals surface area contributed by atoms with Crippen molar-refractivity contribution in [3.05, 3.63) is 65.5 Å². The van der Waals surface area contributed by atoms with Gasteiger partial charge in [0.1, 0.15) is 5.82 Å². The standard InChI is InChI=1S/C20H21FN2O4/c1-13(19(25)23(3)12-15-5-4-6-17(21)11-15)27-20(26)16-7-9-18(10-8-16)22-14(2)24/h4-11,13H,12H2,1-3H3,(H,22,24)/t13-/m1/s1. The summed E-state index contributed by atoms with van der Waals surface area (Å²) in [5.74, 6) is -1.65. The molecule has 0 radical (unpaired) electrons. The minimum Gasteiger partial charge on any atom is -0.449 e. The normalized spacial score (nSPS) is 11.4. The van der Waals surface area contributed by atoms with Crippen LogP contribution in [0, 0.1) is 5.82 Å². The molecular weight excluding hydrogens is 351 g/mol. The Hall–Kier alpha value is -3.22. The number of rotatable bonds is 6. The topological polar surface area (TPSA) is 75.7 Å². The fourth-order valence-electron chi connectivity index (χ4n) is 2.47. The van der Waals surface area contributed by atoms with Crippen molar-refractivity contribution in [2.45, 2.75) is 26.5 Å². The second-order valence-corrected chi connectivity index (χ2v) is 6.13. The predicted molar refractivity (Wildman–Crippen MR) is 98.5 cm³/mol. The second kappa shape index (κ2) is 8.93. The number of hydrogen-bond acceptors (Lipinski definition) is 4. The highest BCUT2D eigenvalue weighted by Gasteiger charge is 2.22. The Morgan fingerprint density at radius 3 is 2.41 bits per heavy atom. The van der Waals surface area contributed by atoms with Crippen molar-refractivity contribution < 1.29 is 23.5 Å². The lowest BCUT2D eigenvalue weighted by atomic mass is 10.2. The summed E-state index contributed by atoms with van der Waals surface area (Å²) in [5, 5.41) is 2.59. The minimum atomic E-state index is -0.994. The average Bonchev–Trinajstić information content (AvgIpc) is 2.61. The summed E-state index contributed by atoms with van der Waals surface area (Å²) in [4.78, 5) is 36.9. The number of carbonyl (C=O) groups excluding carboxylic acids is 3. The van der Waals surface area contributed by atoms with Gasteiger partial charge in [-0.3, -0.25) is 9.59 Å². The highest BCUT2D eigenvalue weighted by molar-refractivity contribution is 5.93. The molecule has 142 valence electrons. The molecule has 0 saturated heterocycles. The first-order valence-corrected chi connectivity index (χ1v) is 8.34. The molecule has 0 bridgehead atoms. The van der Waals surface area contributed by atoms with Crippen molar-refractivity contribution in [1.82, 2.24) is 4.90 Å². The number of nitrogens with one attached hydrogen (secondary N) is 1. The summed E-state index contributed by atoms with van der Waals surface area (Å²) in [5.41, 5.74) is 1.45.